The van der Waals surface area contributed by atoms with Gasteiger partial charge in [-0.1, -0.05) is 30.3 Å². The van der Waals surface area contributed by atoms with Gasteiger partial charge in [0.1, 0.15) is 5.82 Å². The summed E-state index contributed by atoms with van der Waals surface area (Å²) in [5, 5.41) is 6.48. The molecule has 0 bridgehead atoms. The predicted molar refractivity (Wildman–Crippen MR) is 117 cm³/mol. The van der Waals surface area contributed by atoms with E-state index in [0.717, 1.165) is 32.7 Å². The van der Waals surface area contributed by atoms with Crippen molar-refractivity contribution in [1.82, 2.24) is 14.8 Å². The van der Waals surface area contributed by atoms with Gasteiger partial charge >= 0.3 is 6.18 Å². The van der Waals surface area contributed by atoms with Crippen molar-refractivity contribution in [3.8, 4) is 5.69 Å². The molecule has 2 aromatic heterocycles. The Morgan fingerprint density at radius 1 is 1.09 bits per heavy atom. The molecule has 2 heterocycles. The predicted octanol–water partition coefficient (Wildman–Crippen LogP) is 5.95. The van der Waals surface area contributed by atoms with Crippen LogP contribution in [0.25, 0.3) is 5.69 Å². The molecule has 4 rings (SSSR count). The number of hydrogen-bond acceptors (Lipinski definition) is 4. The van der Waals surface area contributed by atoms with Gasteiger partial charge in [0.05, 0.1) is 23.1 Å². The lowest BCUT2D eigenvalue weighted by atomic mass is 10.1. The summed E-state index contributed by atoms with van der Waals surface area (Å²) in [6.07, 6.45) is -3.44. The molecule has 0 aliphatic rings. The highest BCUT2D eigenvalue weighted by Gasteiger charge is 2.41. The largest absolute Gasteiger partial charge is 0.434 e. The second kappa shape index (κ2) is 8.78. The molecule has 0 saturated carbocycles. The second-order valence-electron chi connectivity index (χ2n) is 7.39. The summed E-state index contributed by atoms with van der Waals surface area (Å²) in [7, 11) is 0. The van der Waals surface area contributed by atoms with Gasteiger partial charge in [-0.25, -0.2) is 14.1 Å². The van der Waals surface area contributed by atoms with Gasteiger partial charge in [0.2, 0.25) is 0 Å². The highest BCUT2D eigenvalue weighted by atomic mass is 32.1. The van der Waals surface area contributed by atoms with E-state index in [1.807, 2.05) is 0 Å². The molecule has 10 heteroatoms. The van der Waals surface area contributed by atoms with Gasteiger partial charge in [-0.15, -0.1) is 11.3 Å². The van der Waals surface area contributed by atoms with Gasteiger partial charge < -0.3 is 0 Å². The number of anilines is 1. The number of thiazole rings is 1. The van der Waals surface area contributed by atoms with Gasteiger partial charge in [0.15, 0.2) is 10.8 Å². The van der Waals surface area contributed by atoms with Crippen LogP contribution < -0.4 is 5.32 Å². The topological polar surface area (TPSA) is 59.8 Å². The summed E-state index contributed by atoms with van der Waals surface area (Å²) in [6, 6.07) is 12.5. The van der Waals surface area contributed by atoms with E-state index in [-0.39, 0.29) is 16.6 Å². The van der Waals surface area contributed by atoms with Crippen molar-refractivity contribution in [2.75, 3.05) is 5.32 Å². The fourth-order valence-corrected chi connectivity index (χ4v) is 4.36. The number of nitrogens with zero attached hydrogens (tertiary/aromatic N) is 3. The molecule has 5 nitrogen and oxygen atoms in total. The number of aryl methyl sites for hydroxylation is 2. The van der Waals surface area contributed by atoms with Gasteiger partial charge in [0, 0.05) is 11.3 Å². The quantitative estimate of drug-likeness (QED) is 0.364. The first-order valence-electron chi connectivity index (χ1n) is 9.87. The number of amides is 1. The highest BCUT2D eigenvalue weighted by Crippen LogP contribution is 2.35. The van der Waals surface area contributed by atoms with E-state index in [2.05, 4.69) is 15.4 Å². The Morgan fingerprint density at radius 3 is 2.45 bits per heavy atom. The molecule has 0 aliphatic carbocycles. The number of hydrogen-bond donors (Lipinski definition) is 1. The second-order valence-corrected chi connectivity index (χ2v) is 8.47. The molecule has 4 aromatic rings. The molecule has 0 atom stereocenters. The third-order valence-electron chi connectivity index (χ3n) is 5.02. The molecule has 0 saturated heterocycles. The van der Waals surface area contributed by atoms with Crippen LogP contribution in [0.15, 0.2) is 54.7 Å². The standard InChI is InChI=1S/C23H18F4N4OS/c1-13-5-3-4-6-18(13)31-20(23(25,26)27)17(12-28-31)21(32)30-22-29-14(2)19(33-22)11-15-7-9-16(24)10-8-15/h3-10,12H,11H2,1-2H3,(H,29,30,32). The van der Waals surface area contributed by atoms with E-state index in [9.17, 15) is 22.4 Å². The maximum absolute atomic E-state index is 13.9. The lowest BCUT2D eigenvalue weighted by Crippen LogP contribution is -2.21. The zero-order valence-corrected chi connectivity index (χ0v) is 18.4. The Labute approximate surface area is 190 Å². The Balaban J connectivity index is 1.62. The number of alkyl halides is 3. The van der Waals surface area contributed by atoms with Crippen molar-refractivity contribution < 1.29 is 22.4 Å². The van der Waals surface area contributed by atoms with Gasteiger partial charge in [0.25, 0.3) is 5.91 Å². The Bertz CT molecular complexity index is 1310. The van der Waals surface area contributed by atoms with Crippen LogP contribution in [0.2, 0.25) is 0 Å². The summed E-state index contributed by atoms with van der Waals surface area (Å²) >= 11 is 1.16. The van der Waals surface area contributed by atoms with Crippen molar-refractivity contribution in [2.45, 2.75) is 26.4 Å². The van der Waals surface area contributed by atoms with Gasteiger partial charge in [-0.05, 0) is 43.2 Å². The molecule has 1 amide bonds. The fourth-order valence-electron chi connectivity index (χ4n) is 3.37. The molecule has 0 radical (unpaired) electrons. The Morgan fingerprint density at radius 2 is 1.79 bits per heavy atom. The fraction of sp³-hybridized carbons (Fsp3) is 0.174. The minimum absolute atomic E-state index is 0.173. The average molecular weight is 474 g/mol. The van der Waals surface area contributed by atoms with Crippen LogP contribution in [-0.2, 0) is 12.6 Å². The molecule has 1 N–H and O–H groups in total. The van der Waals surface area contributed by atoms with Crippen LogP contribution in [0.1, 0.15) is 37.7 Å². The SMILES string of the molecule is Cc1ccccc1-n1ncc(C(=O)Nc2nc(C)c(Cc3ccc(F)cc3)s2)c1C(F)(F)F. The molecular formula is C23H18F4N4OS. The molecule has 2 aromatic carbocycles. The van der Waals surface area contributed by atoms with Crippen molar-refractivity contribution >= 4 is 22.4 Å². The van der Waals surface area contributed by atoms with E-state index in [0.29, 0.717) is 17.7 Å². The zero-order chi connectivity index (χ0) is 23.8. The number of nitrogens with one attached hydrogen (secondary N) is 1. The van der Waals surface area contributed by atoms with E-state index < -0.39 is 23.3 Å². The molecule has 0 aliphatic heterocycles. The van der Waals surface area contributed by atoms with E-state index in [1.165, 1.54) is 18.2 Å². The smallest absolute Gasteiger partial charge is 0.298 e. The van der Waals surface area contributed by atoms with Crippen molar-refractivity contribution in [3.63, 3.8) is 0 Å². The zero-order valence-electron chi connectivity index (χ0n) is 17.6. The molecule has 0 unspecified atom stereocenters. The van der Waals surface area contributed by atoms with Crippen molar-refractivity contribution in [3.05, 3.63) is 93.5 Å². The highest BCUT2D eigenvalue weighted by molar-refractivity contribution is 7.15. The number of carbonyl (C=O) groups excluding carboxylic acids is 1. The van der Waals surface area contributed by atoms with Crippen LogP contribution in [-0.4, -0.2) is 20.7 Å². The lowest BCUT2D eigenvalue weighted by molar-refractivity contribution is -0.143. The van der Waals surface area contributed by atoms with Gasteiger partial charge in [-0.2, -0.15) is 18.3 Å². The first kappa shape index (κ1) is 22.7. The lowest BCUT2D eigenvalue weighted by Gasteiger charge is -2.14. The van der Waals surface area contributed by atoms with Crippen LogP contribution in [0.4, 0.5) is 22.7 Å². The summed E-state index contributed by atoms with van der Waals surface area (Å²) in [5.74, 6) is -1.30. The van der Waals surface area contributed by atoms with Crippen LogP contribution >= 0.6 is 11.3 Å². The summed E-state index contributed by atoms with van der Waals surface area (Å²) in [6.45, 7) is 3.40. The van der Waals surface area contributed by atoms with E-state index >= 15 is 0 Å². The molecular weight excluding hydrogens is 456 g/mol. The van der Waals surface area contributed by atoms with Crippen molar-refractivity contribution in [2.24, 2.45) is 0 Å². The molecule has 170 valence electrons. The van der Waals surface area contributed by atoms with E-state index in [4.69, 9.17) is 0 Å². The van der Waals surface area contributed by atoms with E-state index in [1.54, 1.807) is 44.2 Å². The maximum Gasteiger partial charge on any atom is 0.434 e. The Hall–Kier alpha value is -3.53. The number of halogens is 4. The number of carbonyl (C=O) groups is 1. The normalized spacial score (nSPS) is 11.6. The average Bonchev–Trinajstić information content (AvgIpc) is 3.34. The van der Waals surface area contributed by atoms with Gasteiger partial charge in [-0.3, -0.25) is 10.1 Å². The number of para-hydroxylation sites is 1. The van der Waals surface area contributed by atoms with Crippen LogP contribution in [0.5, 0.6) is 0 Å². The summed E-state index contributed by atoms with van der Waals surface area (Å²) < 4.78 is 55.6. The van der Waals surface area contributed by atoms with Crippen LogP contribution in [0, 0.1) is 19.7 Å². The number of rotatable bonds is 5. The minimum Gasteiger partial charge on any atom is -0.298 e. The summed E-state index contributed by atoms with van der Waals surface area (Å²) in [4.78, 5) is 17.9. The number of benzene rings is 2. The molecule has 0 spiro atoms. The summed E-state index contributed by atoms with van der Waals surface area (Å²) in [5.41, 5.74) is 0.536. The Kier molecular flexibility index (Phi) is 6.03. The van der Waals surface area contributed by atoms with Crippen LogP contribution in [0.3, 0.4) is 0 Å². The third-order valence-corrected chi connectivity index (χ3v) is 6.09. The minimum atomic E-state index is -4.81. The monoisotopic (exact) mass is 474 g/mol. The first-order valence-corrected chi connectivity index (χ1v) is 10.7. The number of aromatic nitrogens is 3. The van der Waals surface area contributed by atoms with Crippen molar-refractivity contribution in [1.29, 1.82) is 0 Å². The molecule has 0 fully saturated rings. The molecule has 33 heavy (non-hydrogen) atoms. The first-order chi connectivity index (χ1) is 15.6. The third kappa shape index (κ3) is 4.80. The maximum atomic E-state index is 13.9.